The van der Waals surface area contributed by atoms with Gasteiger partial charge >= 0.3 is 0 Å². The molecule has 0 fully saturated rings. The molecule has 0 aliphatic rings. The standard InChI is InChI=1S/C19H23BrFNO2/c1-4-13(2)22-11-15-9-17(20)19(18(10-15)23-3)24-12-14-5-7-16(21)8-6-14/h5-10,13,22H,4,11-12H2,1-3H3/t13-/m0/s1. The zero-order valence-electron chi connectivity index (χ0n) is 14.2. The van der Waals surface area contributed by atoms with Crippen molar-refractivity contribution in [3.63, 3.8) is 0 Å². The summed E-state index contributed by atoms with van der Waals surface area (Å²) in [7, 11) is 1.62. The molecule has 2 rings (SSSR count). The lowest BCUT2D eigenvalue weighted by Gasteiger charge is -2.16. The Balaban J connectivity index is 2.10. The molecule has 0 radical (unpaired) electrons. The fourth-order valence-corrected chi connectivity index (χ4v) is 2.79. The smallest absolute Gasteiger partial charge is 0.175 e. The van der Waals surface area contributed by atoms with Gasteiger partial charge < -0.3 is 14.8 Å². The Morgan fingerprint density at radius 2 is 1.88 bits per heavy atom. The van der Waals surface area contributed by atoms with Gasteiger partial charge in [-0.15, -0.1) is 0 Å². The average molecular weight is 396 g/mol. The highest BCUT2D eigenvalue weighted by Crippen LogP contribution is 2.37. The maximum Gasteiger partial charge on any atom is 0.175 e. The molecule has 3 nitrogen and oxygen atoms in total. The summed E-state index contributed by atoms with van der Waals surface area (Å²) in [5.74, 6) is 1.07. The third kappa shape index (κ3) is 5.21. The van der Waals surface area contributed by atoms with Gasteiger partial charge in [0.05, 0.1) is 11.6 Å². The second-order valence-corrected chi connectivity index (χ2v) is 6.57. The van der Waals surface area contributed by atoms with Crippen molar-refractivity contribution in [1.82, 2.24) is 5.32 Å². The molecule has 1 atom stereocenters. The first-order chi connectivity index (χ1) is 11.5. The van der Waals surface area contributed by atoms with E-state index in [-0.39, 0.29) is 5.82 Å². The largest absolute Gasteiger partial charge is 0.493 e. The van der Waals surface area contributed by atoms with Gasteiger partial charge in [-0.05, 0) is 64.7 Å². The normalized spacial score (nSPS) is 12.0. The van der Waals surface area contributed by atoms with Crippen LogP contribution in [0, 0.1) is 5.82 Å². The summed E-state index contributed by atoms with van der Waals surface area (Å²) in [5.41, 5.74) is 2.01. The van der Waals surface area contributed by atoms with Crippen LogP contribution in [0.15, 0.2) is 40.9 Å². The molecule has 0 aliphatic carbocycles. The van der Waals surface area contributed by atoms with E-state index in [2.05, 4.69) is 35.1 Å². The third-order valence-electron chi connectivity index (χ3n) is 3.85. The summed E-state index contributed by atoms with van der Waals surface area (Å²) in [6, 6.07) is 10.7. The highest BCUT2D eigenvalue weighted by molar-refractivity contribution is 9.10. The molecule has 0 aromatic heterocycles. The van der Waals surface area contributed by atoms with Gasteiger partial charge in [0.15, 0.2) is 11.5 Å². The Labute approximate surface area is 151 Å². The van der Waals surface area contributed by atoms with Gasteiger partial charge in [0.1, 0.15) is 12.4 Å². The molecular weight excluding hydrogens is 373 g/mol. The van der Waals surface area contributed by atoms with Crippen LogP contribution in [0.5, 0.6) is 11.5 Å². The second kappa shape index (κ2) is 9.04. The van der Waals surface area contributed by atoms with Crippen molar-refractivity contribution in [3.8, 4) is 11.5 Å². The van der Waals surface area contributed by atoms with Crippen molar-refractivity contribution in [3.05, 3.63) is 57.8 Å². The first-order valence-electron chi connectivity index (χ1n) is 8.00. The van der Waals surface area contributed by atoms with Crippen molar-refractivity contribution < 1.29 is 13.9 Å². The molecule has 0 bridgehead atoms. The highest BCUT2D eigenvalue weighted by atomic mass is 79.9. The van der Waals surface area contributed by atoms with Crippen LogP contribution in [0.25, 0.3) is 0 Å². The second-order valence-electron chi connectivity index (χ2n) is 5.71. The lowest BCUT2D eigenvalue weighted by Crippen LogP contribution is -2.24. The first kappa shape index (κ1) is 18.7. The maximum atomic E-state index is 13.0. The van der Waals surface area contributed by atoms with Crippen LogP contribution < -0.4 is 14.8 Å². The lowest BCUT2D eigenvalue weighted by molar-refractivity contribution is 0.282. The number of methoxy groups -OCH3 is 1. The molecule has 5 heteroatoms. The Hall–Kier alpha value is -1.59. The predicted octanol–water partition coefficient (Wildman–Crippen LogP) is 5.06. The zero-order chi connectivity index (χ0) is 17.5. The molecule has 1 N–H and O–H groups in total. The molecule has 2 aromatic rings. The molecule has 0 spiro atoms. The van der Waals surface area contributed by atoms with E-state index in [1.165, 1.54) is 12.1 Å². The van der Waals surface area contributed by atoms with Crippen LogP contribution in [-0.4, -0.2) is 13.2 Å². The van der Waals surface area contributed by atoms with Crippen molar-refractivity contribution in [2.24, 2.45) is 0 Å². The van der Waals surface area contributed by atoms with Crippen molar-refractivity contribution >= 4 is 15.9 Å². The van der Waals surface area contributed by atoms with Crippen LogP contribution in [0.4, 0.5) is 4.39 Å². The maximum absolute atomic E-state index is 13.0. The van der Waals surface area contributed by atoms with E-state index in [0.717, 1.165) is 28.6 Å². The number of ether oxygens (including phenoxy) is 2. The predicted molar refractivity (Wildman–Crippen MR) is 98.0 cm³/mol. The van der Waals surface area contributed by atoms with Crippen LogP contribution >= 0.6 is 15.9 Å². The van der Waals surface area contributed by atoms with E-state index < -0.39 is 0 Å². The molecule has 0 unspecified atom stereocenters. The van der Waals surface area contributed by atoms with E-state index >= 15 is 0 Å². The quantitative estimate of drug-likeness (QED) is 0.676. The number of hydrogen-bond acceptors (Lipinski definition) is 3. The molecular formula is C19H23BrFNO2. The van der Waals surface area contributed by atoms with Gasteiger partial charge in [-0.3, -0.25) is 0 Å². The van der Waals surface area contributed by atoms with Crippen molar-refractivity contribution in [1.29, 1.82) is 0 Å². The van der Waals surface area contributed by atoms with Gasteiger partial charge in [-0.25, -0.2) is 4.39 Å². The minimum atomic E-state index is -0.254. The Bertz CT molecular complexity index is 661. The van der Waals surface area contributed by atoms with Crippen LogP contribution in [0.3, 0.4) is 0 Å². The van der Waals surface area contributed by atoms with Crippen LogP contribution in [0.2, 0.25) is 0 Å². The van der Waals surface area contributed by atoms with E-state index in [1.807, 2.05) is 12.1 Å². The van der Waals surface area contributed by atoms with Gasteiger partial charge in [-0.2, -0.15) is 0 Å². The Kier molecular flexibility index (Phi) is 7.06. The number of halogens is 2. The highest BCUT2D eigenvalue weighted by Gasteiger charge is 2.12. The van der Waals surface area contributed by atoms with Gasteiger partial charge in [0.2, 0.25) is 0 Å². The molecule has 0 aliphatic heterocycles. The zero-order valence-corrected chi connectivity index (χ0v) is 15.8. The average Bonchev–Trinajstić information content (AvgIpc) is 2.59. The summed E-state index contributed by atoms with van der Waals surface area (Å²) >= 11 is 3.56. The first-order valence-corrected chi connectivity index (χ1v) is 8.79. The van der Waals surface area contributed by atoms with Crippen LogP contribution in [-0.2, 0) is 13.2 Å². The van der Waals surface area contributed by atoms with E-state index in [0.29, 0.717) is 24.1 Å². The number of nitrogens with one attached hydrogen (secondary N) is 1. The van der Waals surface area contributed by atoms with E-state index in [9.17, 15) is 4.39 Å². The monoisotopic (exact) mass is 395 g/mol. The third-order valence-corrected chi connectivity index (χ3v) is 4.44. The summed E-state index contributed by atoms with van der Waals surface area (Å²) in [5, 5.41) is 3.46. The van der Waals surface area contributed by atoms with Gasteiger partial charge in [0.25, 0.3) is 0 Å². The summed E-state index contributed by atoms with van der Waals surface area (Å²) in [6.07, 6.45) is 1.08. The summed E-state index contributed by atoms with van der Waals surface area (Å²) in [6.45, 7) is 5.43. The number of hydrogen-bond donors (Lipinski definition) is 1. The lowest BCUT2D eigenvalue weighted by atomic mass is 10.1. The van der Waals surface area contributed by atoms with Gasteiger partial charge in [0, 0.05) is 12.6 Å². The summed E-state index contributed by atoms with van der Waals surface area (Å²) < 4.78 is 25.1. The number of rotatable bonds is 8. The van der Waals surface area contributed by atoms with Gasteiger partial charge in [-0.1, -0.05) is 19.1 Å². The number of benzene rings is 2. The molecule has 0 amide bonds. The SMILES string of the molecule is CC[C@H](C)NCc1cc(Br)c(OCc2ccc(F)cc2)c(OC)c1. The minimum Gasteiger partial charge on any atom is -0.493 e. The molecule has 0 heterocycles. The minimum absolute atomic E-state index is 0.254. The van der Waals surface area contributed by atoms with Crippen LogP contribution in [0.1, 0.15) is 31.4 Å². The molecule has 2 aromatic carbocycles. The van der Waals surface area contributed by atoms with E-state index in [1.54, 1.807) is 19.2 Å². The molecule has 0 saturated heterocycles. The summed E-state index contributed by atoms with van der Waals surface area (Å²) in [4.78, 5) is 0. The van der Waals surface area contributed by atoms with E-state index in [4.69, 9.17) is 9.47 Å². The van der Waals surface area contributed by atoms with Crippen molar-refractivity contribution in [2.45, 2.75) is 39.5 Å². The van der Waals surface area contributed by atoms with Crippen molar-refractivity contribution in [2.75, 3.05) is 7.11 Å². The fraction of sp³-hybridized carbons (Fsp3) is 0.368. The Morgan fingerprint density at radius 3 is 2.50 bits per heavy atom. The Morgan fingerprint density at radius 1 is 1.17 bits per heavy atom. The fourth-order valence-electron chi connectivity index (χ4n) is 2.19. The molecule has 24 heavy (non-hydrogen) atoms. The molecule has 130 valence electrons. The topological polar surface area (TPSA) is 30.5 Å². The molecule has 0 saturated carbocycles.